The summed E-state index contributed by atoms with van der Waals surface area (Å²) in [5, 5.41) is 0. The van der Waals surface area contributed by atoms with E-state index in [1.54, 1.807) is 0 Å². The van der Waals surface area contributed by atoms with E-state index in [0.29, 0.717) is 38.9 Å². The molecule has 2 aromatic rings. The maximum absolute atomic E-state index is 13.0. The molecule has 45 heavy (non-hydrogen) atoms. The van der Waals surface area contributed by atoms with Crippen LogP contribution in [0.2, 0.25) is 0 Å². The summed E-state index contributed by atoms with van der Waals surface area (Å²) < 4.78 is 10.6. The third kappa shape index (κ3) is 11.9. The molecule has 6 nitrogen and oxygen atoms in total. The molecular formula is C37H52O6S2. The zero-order valence-electron chi connectivity index (χ0n) is 27.9. The number of allylic oxidation sites excluding steroid dienone is 2. The molecule has 0 unspecified atom stereocenters. The number of carbonyl (C=O) groups excluding carboxylic acids is 4. The highest BCUT2D eigenvalue weighted by Gasteiger charge is 2.25. The fraction of sp³-hybridized carbons (Fsp3) is 0.622. The lowest BCUT2D eigenvalue weighted by Crippen LogP contribution is -2.07. The van der Waals surface area contributed by atoms with Crippen LogP contribution in [-0.2, 0) is 19.1 Å². The second-order valence-corrected chi connectivity index (χ2v) is 14.6. The quantitative estimate of drug-likeness (QED) is 0.0712. The van der Waals surface area contributed by atoms with Gasteiger partial charge in [0.15, 0.2) is 11.6 Å². The van der Waals surface area contributed by atoms with Crippen LogP contribution in [0.3, 0.4) is 0 Å². The summed E-state index contributed by atoms with van der Waals surface area (Å²) in [6.07, 6.45) is 13.7. The third-order valence-electron chi connectivity index (χ3n) is 8.34. The Hall–Kier alpha value is -2.58. The molecule has 0 saturated heterocycles. The van der Waals surface area contributed by atoms with Crippen molar-refractivity contribution in [2.75, 3.05) is 13.2 Å². The second kappa shape index (κ2) is 19.8. The van der Waals surface area contributed by atoms with Gasteiger partial charge in [0.05, 0.1) is 23.0 Å². The Morgan fingerprint density at radius 3 is 1.42 bits per heavy atom. The van der Waals surface area contributed by atoms with Crippen molar-refractivity contribution in [1.29, 1.82) is 0 Å². The van der Waals surface area contributed by atoms with Crippen LogP contribution in [0.4, 0.5) is 0 Å². The summed E-state index contributed by atoms with van der Waals surface area (Å²) in [6, 6.07) is 4.07. The lowest BCUT2D eigenvalue weighted by atomic mass is 9.97. The molecule has 2 aromatic heterocycles. The summed E-state index contributed by atoms with van der Waals surface area (Å²) >= 11 is 3.06. The van der Waals surface area contributed by atoms with E-state index in [1.165, 1.54) is 33.8 Å². The first-order valence-electron chi connectivity index (χ1n) is 17.1. The Morgan fingerprint density at radius 1 is 0.600 bits per heavy atom. The van der Waals surface area contributed by atoms with Crippen molar-refractivity contribution in [3.63, 3.8) is 0 Å². The number of esters is 2. The van der Waals surface area contributed by atoms with Gasteiger partial charge in [-0.25, -0.2) is 0 Å². The van der Waals surface area contributed by atoms with Gasteiger partial charge in [-0.05, 0) is 93.2 Å². The van der Waals surface area contributed by atoms with Crippen LogP contribution in [0.1, 0.15) is 163 Å². The van der Waals surface area contributed by atoms with Gasteiger partial charge >= 0.3 is 11.9 Å². The minimum Gasteiger partial charge on any atom is -0.466 e. The van der Waals surface area contributed by atoms with Crippen LogP contribution in [0.15, 0.2) is 12.1 Å². The van der Waals surface area contributed by atoms with E-state index in [9.17, 15) is 19.2 Å². The lowest BCUT2D eigenvalue weighted by molar-refractivity contribution is -0.144. The number of hydrogen-bond acceptors (Lipinski definition) is 8. The van der Waals surface area contributed by atoms with Crippen molar-refractivity contribution in [2.24, 2.45) is 0 Å². The summed E-state index contributed by atoms with van der Waals surface area (Å²) in [7, 11) is 0. The average Bonchev–Trinajstić information content (AvgIpc) is 3.74. The summed E-state index contributed by atoms with van der Waals surface area (Å²) in [4.78, 5) is 53.8. The molecule has 1 aliphatic carbocycles. The highest BCUT2D eigenvalue weighted by molar-refractivity contribution is 7.14. The molecule has 8 heteroatoms. The first-order valence-corrected chi connectivity index (χ1v) is 18.7. The van der Waals surface area contributed by atoms with E-state index in [0.717, 1.165) is 101 Å². The zero-order chi connectivity index (χ0) is 32.6. The average molecular weight is 657 g/mol. The first-order chi connectivity index (χ1) is 21.7. The maximum Gasteiger partial charge on any atom is 0.305 e. The number of aryl methyl sites for hydroxylation is 2. The van der Waals surface area contributed by atoms with Crippen LogP contribution >= 0.6 is 22.7 Å². The van der Waals surface area contributed by atoms with Crippen molar-refractivity contribution < 1.29 is 28.7 Å². The largest absolute Gasteiger partial charge is 0.466 e. The van der Waals surface area contributed by atoms with E-state index in [2.05, 4.69) is 27.7 Å². The van der Waals surface area contributed by atoms with Gasteiger partial charge in [0.1, 0.15) is 0 Å². The van der Waals surface area contributed by atoms with Gasteiger partial charge in [0.25, 0.3) is 0 Å². The molecule has 2 heterocycles. The molecule has 0 spiro atoms. The van der Waals surface area contributed by atoms with Gasteiger partial charge in [0, 0.05) is 35.4 Å². The van der Waals surface area contributed by atoms with E-state index in [4.69, 9.17) is 9.47 Å². The summed E-state index contributed by atoms with van der Waals surface area (Å²) in [5.41, 5.74) is 4.81. The van der Waals surface area contributed by atoms with Crippen molar-refractivity contribution >= 4 is 57.3 Å². The van der Waals surface area contributed by atoms with E-state index in [-0.39, 0.29) is 36.3 Å². The molecule has 0 amide bonds. The Balaban J connectivity index is 1.55. The zero-order valence-corrected chi connectivity index (χ0v) is 29.5. The smallest absolute Gasteiger partial charge is 0.305 e. The predicted octanol–water partition coefficient (Wildman–Crippen LogP) is 10.5. The fourth-order valence-electron chi connectivity index (χ4n) is 5.78. The summed E-state index contributed by atoms with van der Waals surface area (Å²) in [6.45, 7) is 9.37. The minimum atomic E-state index is -0.220. The van der Waals surface area contributed by atoms with Crippen LogP contribution in [-0.4, -0.2) is 36.7 Å². The van der Waals surface area contributed by atoms with Gasteiger partial charge in [-0.3, -0.25) is 19.2 Å². The Bertz CT molecular complexity index is 1220. The van der Waals surface area contributed by atoms with Gasteiger partial charge < -0.3 is 9.47 Å². The van der Waals surface area contributed by atoms with Crippen LogP contribution < -0.4 is 0 Å². The highest BCUT2D eigenvalue weighted by Crippen LogP contribution is 2.45. The number of rotatable bonds is 22. The minimum absolute atomic E-state index is 0.0743. The van der Waals surface area contributed by atoms with Crippen molar-refractivity contribution in [2.45, 2.75) is 137 Å². The molecule has 0 fully saturated rings. The van der Waals surface area contributed by atoms with Gasteiger partial charge in [-0.1, -0.05) is 52.4 Å². The molecular weight excluding hydrogens is 605 g/mol. The van der Waals surface area contributed by atoms with Crippen LogP contribution in [0.25, 0.3) is 11.1 Å². The standard InChI is InChI=1S/C37H52O6S2/c1-5-7-9-11-22-42-36(40)20-14-18-32(38)34-24-30(26(3)44-34)28-16-13-17-29(28)31-25-35(45-27(31)4)33(39)19-15-21-37(41)43-23-12-10-8-6-2/h24-25H,5-23H2,1-4H3. The third-order valence-corrected chi connectivity index (χ3v) is 10.5. The molecule has 0 saturated carbocycles. The number of unbranched alkanes of at least 4 members (excludes halogenated alkanes) is 6. The molecule has 1 aliphatic rings. The molecule has 0 aromatic carbocycles. The normalized spacial score (nSPS) is 13.0. The summed E-state index contributed by atoms with van der Waals surface area (Å²) in [5.74, 6) is -0.291. The molecule has 0 radical (unpaired) electrons. The molecule has 0 bridgehead atoms. The maximum atomic E-state index is 13.0. The number of carbonyl (C=O) groups is 4. The highest BCUT2D eigenvalue weighted by atomic mass is 32.1. The van der Waals surface area contributed by atoms with Crippen molar-refractivity contribution in [1.82, 2.24) is 0 Å². The van der Waals surface area contributed by atoms with Gasteiger partial charge in [-0.2, -0.15) is 0 Å². The number of Topliss-reactive ketones (excluding diaryl/α,β-unsaturated/α-hetero) is 2. The predicted molar refractivity (Wildman–Crippen MR) is 185 cm³/mol. The van der Waals surface area contributed by atoms with Crippen LogP contribution in [0, 0.1) is 13.8 Å². The van der Waals surface area contributed by atoms with Crippen molar-refractivity contribution in [3.8, 4) is 0 Å². The molecule has 0 N–H and O–H groups in total. The molecule has 0 aliphatic heterocycles. The van der Waals surface area contributed by atoms with Crippen molar-refractivity contribution in [3.05, 3.63) is 42.8 Å². The monoisotopic (exact) mass is 656 g/mol. The SMILES string of the molecule is CCCCCCOC(=O)CCCC(=O)c1cc(C2=C(c3cc(C(=O)CCCC(=O)OCCCCCC)sc3C)CCC2)c(C)s1. The fourth-order valence-corrected chi connectivity index (χ4v) is 7.81. The lowest BCUT2D eigenvalue weighted by Gasteiger charge is -2.07. The Labute approximate surface area is 278 Å². The first kappa shape index (κ1) is 36.9. The number of thiophene rings is 2. The van der Waals surface area contributed by atoms with Gasteiger partial charge in [0.2, 0.25) is 0 Å². The number of ketones is 2. The molecule has 0 atom stereocenters. The molecule has 248 valence electrons. The second-order valence-electron chi connectivity index (χ2n) is 12.1. The van der Waals surface area contributed by atoms with E-state index < -0.39 is 0 Å². The van der Waals surface area contributed by atoms with E-state index >= 15 is 0 Å². The topological polar surface area (TPSA) is 86.7 Å². The Kier molecular flexibility index (Phi) is 16.3. The van der Waals surface area contributed by atoms with Crippen LogP contribution in [0.5, 0.6) is 0 Å². The number of ether oxygens (including phenoxy) is 2. The van der Waals surface area contributed by atoms with E-state index in [1.807, 2.05) is 12.1 Å². The molecule has 3 rings (SSSR count). The van der Waals surface area contributed by atoms with Gasteiger partial charge in [-0.15, -0.1) is 22.7 Å². The number of hydrogen-bond donors (Lipinski definition) is 0. The Morgan fingerprint density at radius 2 is 1.02 bits per heavy atom.